The molecule has 0 fully saturated rings. The van der Waals surface area contributed by atoms with Gasteiger partial charge in [0.1, 0.15) is 18.9 Å². The summed E-state index contributed by atoms with van der Waals surface area (Å²) < 4.78 is 11.2. The van der Waals surface area contributed by atoms with Crippen LogP contribution in [0.1, 0.15) is 11.1 Å². The number of ether oxygens (including phenoxy) is 2. The Bertz CT molecular complexity index is 1220. The van der Waals surface area contributed by atoms with Gasteiger partial charge in [0.05, 0.1) is 11.3 Å². The second-order valence-corrected chi connectivity index (χ2v) is 7.38. The van der Waals surface area contributed by atoms with Crippen LogP contribution in [0, 0.1) is 6.92 Å². The van der Waals surface area contributed by atoms with Crippen molar-refractivity contribution < 1.29 is 19.1 Å². The zero-order valence-electron chi connectivity index (χ0n) is 16.9. The van der Waals surface area contributed by atoms with Crippen LogP contribution in [-0.2, 0) is 9.59 Å². The van der Waals surface area contributed by atoms with Crippen molar-refractivity contribution in [1.29, 1.82) is 0 Å². The Morgan fingerprint density at radius 1 is 0.806 bits per heavy atom. The average Bonchev–Trinajstić information content (AvgIpc) is 3.03. The molecule has 1 N–H and O–H groups in total. The summed E-state index contributed by atoms with van der Waals surface area (Å²) in [5.74, 6) is 0.319. The summed E-state index contributed by atoms with van der Waals surface area (Å²) in [4.78, 5) is 28.1. The number of carbonyl (C=O) groups excluding carboxylic acids is 2. The number of nitrogens with zero attached hydrogens (tertiary/aromatic N) is 1. The third kappa shape index (κ3) is 3.42. The van der Waals surface area contributed by atoms with Crippen molar-refractivity contribution >= 4 is 28.8 Å². The van der Waals surface area contributed by atoms with Crippen LogP contribution >= 0.6 is 0 Å². The number of benzene rings is 3. The molecule has 3 aromatic rings. The Morgan fingerprint density at radius 2 is 1.58 bits per heavy atom. The first-order valence-electron chi connectivity index (χ1n) is 10.0. The number of anilines is 2. The lowest BCUT2D eigenvalue weighted by Gasteiger charge is -2.21. The highest BCUT2D eigenvalue weighted by atomic mass is 16.6. The lowest BCUT2D eigenvalue weighted by atomic mass is 10.0. The van der Waals surface area contributed by atoms with Crippen LogP contribution in [-0.4, -0.2) is 25.0 Å². The number of amides is 2. The standard InChI is InChI=1S/C25H20N2O4/c1-16-6-5-9-18(14-16)26-23-22(17-7-3-2-4-8-17)24(28)27(25(23)29)19-10-11-20-21(15-19)31-13-12-30-20/h2-11,14-15,26H,12-13H2,1H3. The lowest BCUT2D eigenvalue weighted by Crippen LogP contribution is -2.32. The van der Waals surface area contributed by atoms with Crippen molar-refractivity contribution in [3.63, 3.8) is 0 Å². The summed E-state index contributed by atoms with van der Waals surface area (Å²) in [6, 6.07) is 22.0. The van der Waals surface area contributed by atoms with E-state index in [4.69, 9.17) is 9.47 Å². The van der Waals surface area contributed by atoms with Crippen molar-refractivity contribution in [2.75, 3.05) is 23.4 Å². The van der Waals surface area contributed by atoms with Gasteiger partial charge in [-0.05, 0) is 42.3 Å². The normalized spacial score (nSPS) is 15.5. The summed E-state index contributed by atoms with van der Waals surface area (Å²) in [6.45, 7) is 2.87. The first kappa shape index (κ1) is 18.9. The highest BCUT2D eigenvalue weighted by molar-refractivity contribution is 6.46. The van der Waals surface area contributed by atoms with E-state index >= 15 is 0 Å². The van der Waals surface area contributed by atoms with E-state index in [1.807, 2.05) is 61.5 Å². The first-order valence-corrected chi connectivity index (χ1v) is 10.0. The zero-order valence-corrected chi connectivity index (χ0v) is 16.9. The Hall–Kier alpha value is -4.06. The molecular formula is C25H20N2O4. The highest BCUT2D eigenvalue weighted by Crippen LogP contribution is 2.38. The van der Waals surface area contributed by atoms with E-state index < -0.39 is 5.91 Å². The van der Waals surface area contributed by atoms with E-state index in [0.717, 1.165) is 11.3 Å². The van der Waals surface area contributed by atoms with Gasteiger partial charge in [0.15, 0.2) is 11.5 Å². The molecule has 0 spiro atoms. The van der Waals surface area contributed by atoms with Crippen LogP contribution in [0.15, 0.2) is 78.5 Å². The fourth-order valence-electron chi connectivity index (χ4n) is 3.79. The predicted molar refractivity (Wildman–Crippen MR) is 118 cm³/mol. The fourth-order valence-corrected chi connectivity index (χ4v) is 3.79. The third-order valence-corrected chi connectivity index (χ3v) is 5.22. The number of imide groups is 1. The molecule has 31 heavy (non-hydrogen) atoms. The molecule has 2 amide bonds. The first-order chi connectivity index (χ1) is 15.1. The summed E-state index contributed by atoms with van der Waals surface area (Å²) in [5, 5.41) is 3.18. The minimum Gasteiger partial charge on any atom is -0.486 e. The summed E-state index contributed by atoms with van der Waals surface area (Å²) in [6.07, 6.45) is 0. The van der Waals surface area contributed by atoms with Crippen molar-refractivity contribution in [3.8, 4) is 11.5 Å². The molecule has 0 saturated heterocycles. The van der Waals surface area contributed by atoms with Crippen molar-refractivity contribution in [3.05, 3.63) is 89.6 Å². The molecule has 0 aliphatic carbocycles. The molecular weight excluding hydrogens is 392 g/mol. The monoisotopic (exact) mass is 412 g/mol. The van der Waals surface area contributed by atoms with Crippen molar-refractivity contribution in [2.24, 2.45) is 0 Å². The molecule has 154 valence electrons. The largest absolute Gasteiger partial charge is 0.486 e. The van der Waals surface area contributed by atoms with Gasteiger partial charge < -0.3 is 14.8 Å². The number of rotatable bonds is 4. The Kier molecular flexibility index (Phi) is 4.67. The van der Waals surface area contributed by atoms with Gasteiger partial charge in [-0.15, -0.1) is 0 Å². The van der Waals surface area contributed by atoms with Gasteiger partial charge in [-0.2, -0.15) is 0 Å². The highest BCUT2D eigenvalue weighted by Gasteiger charge is 2.40. The molecule has 2 heterocycles. The summed E-state index contributed by atoms with van der Waals surface area (Å²) >= 11 is 0. The quantitative estimate of drug-likeness (QED) is 0.652. The van der Waals surface area contributed by atoms with E-state index in [-0.39, 0.29) is 11.6 Å². The maximum absolute atomic E-state index is 13.5. The van der Waals surface area contributed by atoms with Gasteiger partial charge in [0.25, 0.3) is 11.8 Å². The lowest BCUT2D eigenvalue weighted by molar-refractivity contribution is -0.120. The molecule has 0 atom stereocenters. The Morgan fingerprint density at radius 3 is 2.35 bits per heavy atom. The van der Waals surface area contributed by atoms with E-state index in [1.54, 1.807) is 18.2 Å². The maximum atomic E-state index is 13.5. The van der Waals surface area contributed by atoms with Crippen LogP contribution in [0.4, 0.5) is 11.4 Å². The Balaban J connectivity index is 1.58. The van der Waals surface area contributed by atoms with Crippen LogP contribution < -0.4 is 19.7 Å². The molecule has 0 aromatic heterocycles. The number of aryl methyl sites for hydroxylation is 1. The average molecular weight is 412 g/mol. The van der Waals surface area contributed by atoms with Gasteiger partial charge >= 0.3 is 0 Å². The van der Waals surface area contributed by atoms with Crippen molar-refractivity contribution in [2.45, 2.75) is 6.92 Å². The van der Waals surface area contributed by atoms with Crippen molar-refractivity contribution in [1.82, 2.24) is 0 Å². The smallest absolute Gasteiger partial charge is 0.282 e. The summed E-state index contributed by atoms with van der Waals surface area (Å²) in [5.41, 5.74) is 3.49. The van der Waals surface area contributed by atoms with Gasteiger partial charge in [-0.3, -0.25) is 9.59 Å². The maximum Gasteiger partial charge on any atom is 0.282 e. The number of nitrogens with one attached hydrogen (secondary N) is 1. The van der Waals surface area contributed by atoms with E-state index in [0.29, 0.717) is 41.5 Å². The van der Waals surface area contributed by atoms with Crippen LogP contribution in [0.3, 0.4) is 0 Å². The molecule has 6 heteroatoms. The predicted octanol–water partition coefficient (Wildman–Crippen LogP) is 4.16. The van der Waals surface area contributed by atoms with Crippen LogP contribution in [0.25, 0.3) is 5.57 Å². The number of hydrogen-bond acceptors (Lipinski definition) is 5. The summed E-state index contributed by atoms with van der Waals surface area (Å²) in [7, 11) is 0. The van der Waals surface area contributed by atoms with Gasteiger partial charge in [-0.1, -0.05) is 42.5 Å². The topological polar surface area (TPSA) is 67.9 Å². The van der Waals surface area contributed by atoms with Crippen LogP contribution in [0.5, 0.6) is 11.5 Å². The number of hydrogen-bond donors (Lipinski definition) is 1. The third-order valence-electron chi connectivity index (χ3n) is 5.22. The Labute approximate surface area is 179 Å². The SMILES string of the molecule is Cc1cccc(NC2=C(c3ccccc3)C(=O)N(c3ccc4c(c3)OCCO4)C2=O)c1. The molecule has 5 rings (SSSR count). The van der Waals surface area contributed by atoms with E-state index in [9.17, 15) is 9.59 Å². The minimum absolute atomic E-state index is 0.247. The van der Waals surface area contributed by atoms with Gasteiger partial charge in [0.2, 0.25) is 0 Å². The molecule has 6 nitrogen and oxygen atoms in total. The zero-order chi connectivity index (χ0) is 21.4. The second kappa shape index (κ2) is 7.65. The molecule has 0 bridgehead atoms. The molecule has 0 saturated carbocycles. The van der Waals surface area contributed by atoms with Crippen LogP contribution in [0.2, 0.25) is 0 Å². The van der Waals surface area contributed by atoms with E-state index in [2.05, 4.69) is 5.32 Å². The number of carbonyl (C=O) groups is 2. The number of fused-ring (bicyclic) bond motifs is 1. The molecule has 2 aliphatic heterocycles. The van der Waals surface area contributed by atoms with Gasteiger partial charge in [0, 0.05) is 11.8 Å². The fraction of sp³-hybridized carbons (Fsp3) is 0.120. The molecule has 3 aromatic carbocycles. The second-order valence-electron chi connectivity index (χ2n) is 7.38. The molecule has 2 aliphatic rings. The molecule has 0 unspecified atom stereocenters. The van der Waals surface area contributed by atoms with E-state index in [1.165, 1.54) is 4.90 Å². The van der Waals surface area contributed by atoms with Gasteiger partial charge in [-0.25, -0.2) is 4.90 Å². The molecule has 0 radical (unpaired) electrons. The minimum atomic E-state index is -0.415.